The van der Waals surface area contributed by atoms with E-state index in [4.69, 9.17) is 17.3 Å². The van der Waals surface area contributed by atoms with Crippen LogP contribution in [0.15, 0.2) is 18.2 Å². The van der Waals surface area contributed by atoms with Gasteiger partial charge in [-0.25, -0.2) is 13.1 Å². The van der Waals surface area contributed by atoms with Gasteiger partial charge in [0.2, 0.25) is 0 Å². The average molecular weight is 316 g/mol. The molecule has 0 aliphatic heterocycles. The van der Waals surface area contributed by atoms with E-state index >= 15 is 0 Å². The number of rotatable bonds is 5. The van der Waals surface area contributed by atoms with Crippen LogP contribution in [0.2, 0.25) is 5.02 Å². The van der Waals surface area contributed by atoms with Gasteiger partial charge in [-0.3, -0.25) is 0 Å². The number of sulfone groups is 1. The van der Waals surface area contributed by atoms with Crippen molar-refractivity contribution in [2.75, 3.05) is 17.7 Å². The molecule has 108 valence electrons. The van der Waals surface area contributed by atoms with Crippen LogP contribution < -0.4 is 5.73 Å². The summed E-state index contributed by atoms with van der Waals surface area (Å²) >= 11 is 6.11. The minimum atomic E-state index is -2.99. The second-order valence-electron chi connectivity index (χ2n) is 4.45. The topological polar surface area (TPSA) is 104 Å². The Morgan fingerprint density at radius 3 is 2.80 bits per heavy atom. The summed E-state index contributed by atoms with van der Waals surface area (Å²) in [6.45, 7) is 0.399. The predicted octanol–water partition coefficient (Wildman–Crippen LogP) is 1.01. The molecule has 2 aromatic rings. The SMILES string of the molecule is CS(=O)(=O)CCCn1nnnc1-c1ccc(N)cc1Cl. The molecule has 0 saturated carbocycles. The van der Waals surface area contributed by atoms with E-state index in [1.165, 1.54) is 10.9 Å². The number of nitrogen functional groups attached to an aromatic ring is 1. The third kappa shape index (κ3) is 3.67. The normalized spacial score (nSPS) is 11.7. The van der Waals surface area contributed by atoms with Crippen molar-refractivity contribution in [1.29, 1.82) is 0 Å². The quantitative estimate of drug-likeness (QED) is 0.826. The number of benzene rings is 1. The van der Waals surface area contributed by atoms with E-state index in [1.54, 1.807) is 18.2 Å². The zero-order valence-electron chi connectivity index (χ0n) is 10.8. The molecular weight excluding hydrogens is 302 g/mol. The van der Waals surface area contributed by atoms with Crippen molar-refractivity contribution in [3.8, 4) is 11.4 Å². The van der Waals surface area contributed by atoms with Gasteiger partial charge in [0.05, 0.1) is 10.8 Å². The number of nitrogens with zero attached hydrogens (tertiary/aromatic N) is 4. The number of aryl methyl sites for hydroxylation is 1. The molecule has 1 aromatic carbocycles. The van der Waals surface area contributed by atoms with Crippen molar-refractivity contribution in [3.63, 3.8) is 0 Å². The Hall–Kier alpha value is -1.67. The lowest BCUT2D eigenvalue weighted by atomic mass is 10.2. The summed E-state index contributed by atoms with van der Waals surface area (Å²) in [5, 5.41) is 11.8. The summed E-state index contributed by atoms with van der Waals surface area (Å²) < 4.78 is 23.8. The van der Waals surface area contributed by atoms with E-state index < -0.39 is 9.84 Å². The van der Waals surface area contributed by atoms with Crippen molar-refractivity contribution in [1.82, 2.24) is 20.2 Å². The molecule has 2 rings (SSSR count). The molecule has 0 spiro atoms. The van der Waals surface area contributed by atoms with E-state index in [0.717, 1.165) is 0 Å². The highest BCUT2D eigenvalue weighted by atomic mass is 35.5. The molecular formula is C11H14ClN5O2S. The molecule has 7 nitrogen and oxygen atoms in total. The second kappa shape index (κ2) is 5.76. The maximum absolute atomic E-state index is 11.1. The van der Waals surface area contributed by atoms with Gasteiger partial charge in [-0.1, -0.05) is 11.6 Å². The summed E-state index contributed by atoms with van der Waals surface area (Å²) in [5.74, 6) is 0.574. The Bertz CT molecular complexity index is 713. The zero-order valence-corrected chi connectivity index (χ0v) is 12.4. The lowest BCUT2D eigenvalue weighted by Crippen LogP contribution is -2.09. The third-order valence-corrected chi connectivity index (χ3v) is 3.99. The largest absolute Gasteiger partial charge is 0.399 e. The number of anilines is 1. The molecule has 0 unspecified atom stereocenters. The van der Waals surface area contributed by atoms with Gasteiger partial charge in [0.1, 0.15) is 9.84 Å². The molecule has 0 radical (unpaired) electrons. The number of hydrogen-bond donors (Lipinski definition) is 1. The van der Waals surface area contributed by atoms with Gasteiger partial charge in [0.15, 0.2) is 5.82 Å². The van der Waals surface area contributed by atoms with Crippen LogP contribution in [0.25, 0.3) is 11.4 Å². The van der Waals surface area contributed by atoms with Crippen LogP contribution in [-0.4, -0.2) is 40.6 Å². The summed E-state index contributed by atoms with van der Waals surface area (Å²) in [4.78, 5) is 0. The summed E-state index contributed by atoms with van der Waals surface area (Å²) in [6.07, 6.45) is 1.63. The van der Waals surface area contributed by atoms with Gasteiger partial charge in [-0.15, -0.1) is 5.10 Å². The Balaban J connectivity index is 2.20. The molecule has 0 fully saturated rings. The Morgan fingerprint density at radius 1 is 1.40 bits per heavy atom. The smallest absolute Gasteiger partial charge is 0.183 e. The van der Waals surface area contributed by atoms with Crippen LogP contribution in [0.3, 0.4) is 0 Å². The molecule has 0 saturated heterocycles. The molecule has 0 amide bonds. The van der Waals surface area contributed by atoms with Gasteiger partial charge in [0, 0.05) is 24.1 Å². The third-order valence-electron chi connectivity index (χ3n) is 2.65. The Labute approximate surface area is 121 Å². The first-order valence-electron chi connectivity index (χ1n) is 5.86. The molecule has 0 atom stereocenters. The highest BCUT2D eigenvalue weighted by molar-refractivity contribution is 7.90. The molecule has 0 aliphatic rings. The van der Waals surface area contributed by atoms with E-state index in [0.29, 0.717) is 35.1 Å². The van der Waals surface area contributed by atoms with Crippen molar-refractivity contribution >= 4 is 27.1 Å². The van der Waals surface area contributed by atoms with E-state index in [9.17, 15) is 8.42 Å². The maximum Gasteiger partial charge on any atom is 0.183 e. The molecule has 0 bridgehead atoms. The summed E-state index contributed by atoms with van der Waals surface area (Å²) in [5.41, 5.74) is 6.85. The van der Waals surface area contributed by atoms with Crippen LogP contribution in [-0.2, 0) is 16.4 Å². The van der Waals surface area contributed by atoms with E-state index in [1.807, 2.05) is 0 Å². The monoisotopic (exact) mass is 315 g/mol. The molecule has 2 N–H and O–H groups in total. The summed E-state index contributed by atoms with van der Waals surface area (Å²) in [6, 6.07) is 5.06. The maximum atomic E-state index is 11.1. The first kappa shape index (κ1) is 14.7. The van der Waals surface area contributed by atoms with Crippen LogP contribution in [0.5, 0.6) is 0 Å². The average Bonchev–Trinajstić information content (AvgIpc) is 2.75. The second-order valence-corrected chi connectivity index (χ2v) is 7.12. The lowest BCUT2D eigenvalue weighted by molar-refractivity contribution is 0.567. The van der Waals surface area contributed by atoms with Crippen molar-refractivity contribution < 1.29 is 8.42 Å². The van der Waals surface area contributed by atoms with Gasteiger partial charge < -0.3 is 5.73 Å². The van der Waals surface area contributed by atoms with Gasteiger partial charge in [0.25, 0.3) is 0 Å². The highest BCUT2D eigenvalue weighted by Gasteiger charge is 2.13. The number of hydrogen-bond acceptors (Lipinski definition) is 6. The molecule has 0 aliphatic carbocycles. The minimum Gasteiger partial charge on any atom is -0.399 e. The van der Waals surface area contributed by atoms with Crippen molar-refractivity contribution in [3.05, 3.63) is 23.2 Å². The minimum absolute atomic E-state index is 0.0851. The number of tetrazole rings is 1. The van der Waals surface area contributed by atoms with Crippen LogP contribution in [0.1, 0.15) is 6.42 Å². The first-order chi connectivity index (χ1) is 9.37. The van der Waals surface area contributed by atoms with Gasteiger partial charge in [-0.05, 0) is 35.0 Å². The van der Waals surface area contributed by atoms with Crippen LogP contribution in [0.4, 0.5) is 5.69 Å². The number of nitrogens with two attached hydrogens (primary N) is 1. The summed E-state index contributed by atoms with van der Waals surface area (Å²) in [7, 11) is -2.99. The fourth-order valence-corrected chi connectivity index (χ4v) is 2.66. The molecule has 1 aromatic heterocycles. The Morgan fingerprint density at radius 2 is 2.15 bits per heavy atom. The first-order valence-corrected chi connectivity index (χ1v) is 8.30. The Kier molecular flexibility index (Phi) is 4.24. The van der Waals surface area contributed by atoms with Crippen LogP contribution in [0, 0.1) is 0 Å². The zero-order chi connectivity index (χ0) is 14.8. The van der Waals surface area contributed by atoms with Crippen LogP contribution >= 0.6 is 11.6 Å². The van der Waals surface area contributed by atoms with Crippen molar-refractivity contribution in [2.45, 2.75) is 13.0 Å². The fourth-order valence-electron chi connectivity index (χ4n) is 1.74. The van der Waals surface area contributed by atoms with Gasteiger partial charge in [-0.2, -0.15) is 0 Å². The van der Waals surface area contributed by atoms with Crippen molar-refractivity contribution in [2.24, 2.45) is 0 Å². The fraction of sp³-hybridized carbons (Fsp3) is 0.364. The highest BCUT2D eigenvalue weighted by Crippen LogP contribution is 2.27. The standard InChI is InChI=1S/C11H14ClN5O2S/c1-20(18,19)6-2-5-17-11(14-15-16-17)9-4-3-8(13)7-10(9)12/h3-4,7H,2,5-6,13H2,1H3. The predicted molar refractivity (Wildman–Crippen MR) is 77.0 cm³/mol. The molecule has 1 heterocycles. The molecule has 9 heteroatoms. The number of aromatic nitrogens is 4. The molecule has 20 heavy (non-hydrogen) atoms. The van der Waals surface area contributed by atoms with E-state index in [-0.39, 0.29) is 5.75 Å². The number of halogens is 1. The van der Waals surface area contributed by atoms with Gasteiger partial charge >= 0.3 is 0 Å². The lowest BCUT2D eigenvalue weighted by Gasteiger charge is -2.06. The van der Waals surface area contributed by atoms with E-state index in [2.05, 4.69) is 15.5 Å².